The van der Waals surface area contributed by atoms with Gasteiger partial charge in [-0.1, -0.05) is 13.8 Å². The molecule has 1 aromatic rings. The van der Waals surface area contributed by atoms with E-state index < -0.39 is 0 Å². The Kier molecular flexibility index (Phi) is 5.18. The van der Waals surface area contributed by atoms with Crippen LogP contribution >= 0.6 is 0 Å². The van der Waals surface area contributed by atoms with Crippen molar-refractivity contribution in [2.24, 2.45) is 0 Å². The van der Waals surface area contributed by atoms with E-state index in [1.807, 2.05) is 0 Å². The maximum atomic E-state index is 5.51. The molecule has 1 aliphatic carbocycles. The van der Waals surface area contributed by atoms with Crippen LogP contribution in [-0.2, 0) is 0 Å². The largest absolute Gasteiger partial charge is 0.463 e. The lowest BCUT2D eigenvalue weighted by atomic mass is 9.93. The van der Waals surface area contributed by atoms with Gasteiger partial charge in [0.1, 0.15) is 0 Å². The van der Waals surface area contributed by atoms with E-state index in [2.05, 4.69) is 39.4 Å². The van der Waals surface area contributed by atoms with Crippen molar-refractivity contribution in [2.75, 3.05) is 23.8 Å². The van der Waals surface area contributed by atoms with Crippen molar-refractivity contribution in [2.45, 2.75) is 52.0 Å². The molecule has 106 valence electrons. The van der Waals surface area contributed by atoms with Gasteiger partial charge < -0.3 is 15.4 Å². The highest BCUT2D eigenvalue weighted by atomic mass is 16.5. The van der Waals surface area contributed by atoms with Crippen LogP contribution in [-0.4, -0.2) is 34.1 Å². The third-order valence-electron chi connectivity index (χ3n) is 3.02. The highest BCUT2D eigenvalue weighted by molar-refractivity contribution is 5.36. The van der Waals surface area contributed by atoms with E-state index >= 15 is 0 Å². The highest BCUT2D eigenvalue weighted by Crippen LogP contribution is 2.22. The summed E-state index contributed by atoms with van der Waals surface area (Å²) >= 11 is 0. The summed E-state index contributed by atoms with van der Waals surface area (Å²) in [5.74, 6) is 1.20. The highest BCUT2D eigenvalue weighted by Gasteiger charge is 2.19. The SMILES string of the molecule is CCCNc1nc(NC2CCC2)nc(OCCC)n1. The van der Waals surface area contributed by atoms with E-state index in [4.69, 9.17) is 4.74 Å². The number of hydrogen-bond donors (Lipinski definition) is 2. The van der Waals surface area contributed by atoms with E-state index in [0.29, 0.717) is 30.6 Å². The van der Waals surface area contributed by atoms with E-state index in [0.717, 1.165) is 19.4 Å². The Bertz CT molecular complexity index is 368. The van der Waals surface area contributed by atoms with Crippen LogP contribution < -0.4 is 15.4 Å². The molecule has 0 aliphatic heterocycles. The molecule has 0 spiro atoms. The zero-order valence-electron chi connectivity index (χ0n) is 11.8. The molecule has 0 bridgehead atoms. The maximum Gasteiger partial charge on any atom is 0.323 e. The topological polar surface area (TPSA) is 72.0 Å². The number of rotatable bonds is 8. The lowest BCUT2D eigenvalue weighted by Gasteiger charge is -2.26. The lowest BCUT2D eigenvalue weighted by molar-refractivity contribution is 0.292. The second kappa shape index (κ2) is 7.11. The zero-order chi connectivity index (χ0) is 13.5. The van der Waals surface area contributed by atoms with E-state index in [1.54, 1.807) is 0 Å². The van der Waals surface area contributed by atoms with E-state index in [1.165, 1.54) is 19.3 Å². The van der Waals surface area contributed by atoms with Gasteiger partial charge in [-0.2, -0.15) is 15.0 Å². The van der Waals surface area contributed by atoms with E-state index in [9.17, 15) is 0 Å². The summed E-state index contributed by atoms with van der Waals surface area (Å²) in [5, 5.41) is 6.51. The molecule has 0 aromatic carbocycles. The number of nitrogens with zero attached hydrogens (tertiary/aromatic N) is 3. The monoisotopic (exact) mass is 265 g/mol. The van der Waals surface area contributed by atoms with Crippen LogP contribution in [0.3, 0.4) is 0 Å². The molecule has 19 heavy (non-hydrogen) atoms. The average Bonchev–Trinajstić information content (AvgIpc) is 2.38. The molecule has 6 nitrogen and oxygen atoms in total. The molecule has 2 rings (SSSR count). The molecule has 1 saturated carbocycles. The fourth-order valence-corrected chi connectivity index (χ4v) is 1.73. The molecule has 2 N–H and O–H groups in total. The molecule has 0 atom stereocenters. The number of hydrogen-bond acceptors (Lipinski definition) is 6. The van der Waals surface area contributed by atoms with Crippen LogP contribution in [0.15, 0.2) is 0 Å². The fraction of sp³-hybridized carbons (Fsp3) is 0.769. The number of ether oxygens (including phenoxy) is 1. The predicted octanol–water partition coefficient (Wildman–Crippen LogP) is 2.45. The minimum atomic E-state index is 0.400. The second-order valence-corrected chi connectivity index (χ2v) is 4.81. The average molecular weight is 265 g/mol. The van der Waals surface area contributed by atoms with E-state index in [-0.39, 0.29) is 0 Å². The van der Waals surface area contributed by atoms with Gasteiger partial charge in [-0.3, -0.25) is 0 Å². The van der Waals surface area contributed by atoms with Crippen molar-refractivity contribution in [3.63, 3.8) is 0 Å². The first-order chi connectivity index (χ1) is 9.31. The molecule has 1 heterocycles. The van der Waals surface area contributed by atoms with Gasteiger partial charge in [0.25, 0.3) is 0 Å². The standard InChI is InChI=1S/C13H23N5O/c1-3-8-14-11-16-12(15-10-6-5-7-10)18-13(17-11)19-9-4-2/h10H,3-9H2,1-2H3,(H2,14,15,16,17,18). The Balaban J connectivity index is 2.05. The molecule has 1 aliphatic rings. The summed E-state index contributed by atoms with van der Waals surface area (Å²) in [5.41, 5.74) is 0. The Morgan fingerprint density at radius 2 is 1.89 bits per heavy atom. The molecule has 6 heteroatoms. The molecular weight excluding hydrogens is 242 g/mol. The molecule has 0 radical (unpaired) electrons. The van der Waals surface area contributed by atoms with Gasteiger partial charge in [0.05, 0.1) is 6.61 Å². The summed E-state index contributed by atoms with van der Waals surface area (Å²) in [7, 11) is 0. The quantitative estimate of drug-likeness (QED) is 0.752. The number of aromatic nitrogens is 3. The molecule has 0 saturated heterocycles. The zero-order valence-corrected chi connectivity index (χ0v) is 11.8. The van der Waals surface area contributed by atoms with Crippen LogP contribution in [0.25, 0.3) is 0 Å². The summed E-state index contributed by atoms with van der Waals surface area (Å²) < 4.78 is 5.51. The molecule has 1 aromatic heterocycles. The van der Waals surface area contributed by atoms with Crippen LogP contribution in [0.1, 0.15) is 46.0 Å². The maximum absolute atomic E-state index is 5.51. The van der Waals surface area contributed by atoms with Crippen molar-refractivity contribution >= 4 is 11.9 Å². The Morgan fingerprint density at radius 1 is 1.11 bits per heavy atom. The third-order valence-corrected chi connectivity index (χ3v) is 3.02. The van der Waals surface area contributed by atoms with Crippen LogP contribution in [0.5, 0.6) is 6.01 Å². The van der Waals surface area contributed by atoms with Crippen LogP contribution in [0.4, 0.5) is 11.9 Å². The van der Waals surface area contributed by atoms with Crippen LogP contribution in [0.2, 0.25) is 0 Å². The number of anilines is 2. The molecule has 0 unspecified atom stereocenters. The lowest BCUT2D eigenvalue weighted by Crippen LogP contribution is -2.28. The molecule has 0 amide bonds. The van der Waals surface area contributed by atoms with Crippen molar-refractivity contribution in [1.29, 1.82) is 0 Å². The van der Waals surface area contributed by atoms with Gasteiger partial charge in [-0.25, -0.2) is 0 Å². The Hall–Kier alpha value is -1.59. The van der Waals surface area contributed by atoms with Gasteiger partial charge >= 0.3 is 6.01 Å². The smallest absolute Gasteiger partial charge is 0.323 e. The Labute approximate surface area is 114 Å². The number of nitrogens with one attached hydrogen (secondary N) is 2. The summed E-state index contributed by atoms with van der Waals surface area (Å²) in [4.78, 5) is 12.9. The predicted molar refractivity (Wildman–Crippen MR) is 75.7 cm³/mol. The van der Waals surface area contributed by atoms with Gasteiger partial charge in [0.15, 0.2) is 0 Å². The minimum absolute atomic E-state index is 0.400. The summed E-state index contributed by atoms with van der Waals surface area (Å²) in [6.45, 7) is 5.64. The van der Waals surface area contributed by atoms with Gasteiger partial charge in [0.2, 0.25) is 11.9 Å². The third kappa shape index (κ3) is 4.22. The fourth-order valence-electron chi connectivity index (χ4n) is 1.73. The van der Waals surface area contributed by atoms with Gasteiger partial charge in [-0.15, -0.1) is 0 Å². The van der Waals surface area contributed by atoms with Crippen molar-refractivity contribution in [1.82, 2.24) is 15.0 Å². The second-order valence-electron chi connectivity index (χ2n) is 4.81. The van der Waals surface area contributed by atoms with Gasteiger partial charge in [0, 0.05) is 12.6 Å². The van der Waals surface area contributed by atoms with Crippen molar-refractivity contribution in [3.05, 3.63) is 0 Å². The summed E-state index contributed by atoms with van der Waals surface area (Å²) in [6.07, 6.45) is 5.63. The minimum Gasteiger partial charge on any atom is -0.463 e. The van der Waals surface area contributed by atoms with Gasteiger partial charge in [-0.05, 0) is 32.1 Å². The first-order valence-electron chi connectivity index (χ1n) is 7.21. The van der Waals surface area contributed by atoms with Crippen molar-refractivity contribution < 1.29 is 4.74 Å². The molecule has 1 fully saturated rings. The normalized spacial score (nSPS) is 14.8. The first kappa shape index (κ1) is 13.8. The van der Waals surface area contributed by atoms with Crippen LogP contribution in [0, 0.1) is 0 Å². The Morgan fingerprint density at radius 3 is 2.53 bits per heavy atom. The summed E-state index contributed by atoms with van der Waals surface area (Å²) in [6, 6.07) is 0.901. The van der Waals surface area contributed by atoms with Crippen molar-refractivity contribution in [3.8, 4) is 6.01 Å². The first-order valence-corrected chi connectivity index (χ1v) is 7.21. The molecular formula is C13H23N5O.